The molecular weight excluding hydrogens is 355 g/mol. The van der Waals surface area contributed by atoms with Crippen LogP contribution in [0, 0.1) is 21.3 Å². The number of rotatable bonds is 6. The summed E-state index contributed by atoms with van der Waals surface area (Å²) in [6.45, 7) is 8.76. The van der Waals surface area contributed by atoms with Gasteiger partial charge < -0.3 is 19.5 Å². The third-order valence-corrected chi connectivity index (χ3v) is 5.57. The Morgan fingerprint density at radius 3 is 2.70 bits per heavy atom. The average molecular weight is 382 g/mol. The predicted octanol–water partition coefficient (Wildman–Crippen LogP) is 3.03. The first kappa shape index (κ1) is 20.0. The van der Waals surface area contributed by atoms with Crippen molar-refractivity contribution in [3.8, 4) is 0 Å². The molecule has 0 aliphatic carbocycles. The molecule has 1 aromatic carbocycles. The van der Waals surface area contributed by atoms with E-state index in [1.54, 1.807) is 0 Å². The highest BCUT2D eigenvalue weighted by molar-refractivity contribution is 5.64. The molecule has 8 heteroatoms. The van der Waals surface area contributed by atoms with E-state index in [-0.39, 0.29) is 24.2 Å². The van der Waals surface area contributed by atoms with E-state index in [0.717, 1.165) is 5.56 Å². The normalized spacial score (nSPS) is 24.3. The highest BCUT2D eigenvalue weighted by Crippen LogP contribution is 2.44. The van der Waals surface area contributed by atoms with Gasteiger partial charge in [-0.25, -0.2) is 0 Å². The number of ether oxygens (including phenoxy) is 2. The van der Waals surface area contributed by atoms with Crippen molar-refractivity contribution in [2.75, 3.05) is 24.7 Å². The summed E-state index contributed by atoms with van der Waals surface area (Å²) in [6.07, 6.45) is 0.942. The molecule has 0 aromatic heterocycles. The molecule has 0 saturated carbocycles. The number of halogens is 1. The zero-order valence-corrected chi connectivity index (χ0v) is 16.2. The molecule has 0 spiro atoms. The van der Waals surface area contributed by atoms with Crippen molar-refractivity contribution in [3.05, 3.63) is 33.6 Å². The van der Waals surface area contributed by atoms with Gasteiger partial charge in [0, 0.05) is 37.0 Å². The van der Waals surface area contributed by atoms with Crippen molar-refractivity contribution in [1.29, 1.82) is 0 Å². The number of aliphatic hydroxyl groups excluding tert-OH is 1. The SMILES string of the molecule is CC1(C)OC[C@@H](CN2c3cc(F)c([N+](=O)[O-])cc3CC2C(C)(C)CCO)O1. The molecule has 27 heavy (non-hydrogen) atoms. The Morgan fingerprint density at radius 1 is 1.44 bits per heavy atom. The Kier molecular flexibility index (Phi) is 5.18. The summed E-state index contributed by atoms with van der Waals surface area (Å²) in [6, 6.07) is 2.56. The maximum atomic E-state index is 14.3. The number of nitrogens with zero attached hydrogens (tertiary/aromatic N) is 2. The lowest BCUT2D eigenvalue weighted by atomic mass is 9.79. The predicted molar refractivity (Wildman–Crippen MR) is 98.3 cm³/mol. The van der Waals surface area contributed by atoms with Crippen molar-refractivity contribution < 1.29 is 23.9 Å². The summed E-state index contributed by atoms with van der Waals surface area (Å²) in [5.74, 6) is -1.50. The first-order valence-electron chi connectivity index (χ1n) is 9.20. The van der Waals surface area contributed by atoms with E-state index in [4.69, 9.17) is 9.47 Å². The van der Waals surface area contributed by atoms with Gasteiger partial charge in [0.2, 0.25) is 5.82 Å². The van der Waals surface area contributed by atoms with Crippen LogP contribution in [-0.2, 0) is 15.9 Å². The van der Waals surface area contributed by atoms with E-state index < -0.39 is 22.2 Å². The summed E-state index contributed by atoms with van der Waals surface area (Å²) < 4.78 is 25.9. The largest absolute Gasteiger partial charge is 0.396 e. The van der Waals surface area contributed by atoms with Gasteiger partial charge in [0.1, 0.15) is 6.10 Å². The van der Waals surface area contributed by atoms with Gasteiger partial charge in [-0.05, 0) is 37.7 Å². The fourth-order valence-electron chi connectivity index (χ4n) is 4.10. The lowest BCUT2D eigenvalue weighted by Gasteiger charge is -2.40. The number of hydrogen-bond donors (Lipinski definition) is 1. The molecule has 1 aromatic rings. The monoisotopic (exact) mass is 382 g/mol. The highest BCUT2D eigenvalue weighted by Gasteiger charge is 2.43. The van der Waals surface area contributed by atoms with Gasteiger partial charge in [0.05, 0.1) is 11.5 Å². The Hall–Kier alpha value is -1.77. The van der Waals surface area contributed by atoms with Crippen LogP contribution in [-0.4, -0.2) is 47.7 Å². The van der Waals surface area contributed by atoms with Crippen LogP contribution >= 0.6 is 0 Å². The minimum absolute atomic E-state index is 0.0339. The van der Waals surface area contributed by atoms with E-state index in [1.807, 2.05) is 27.7 Å². The molecule has 2 atom stereocenters. The standard InChI is InChI=1S/C19H27FN2O5/c1-18(2,5-6-23)17-8-12-7-16(22(24)25)14(20)9-15(12)21(17)10-13-11-26-19(3,4)27-13/h7,9,13,17,23H,5-6,8,10-11H2,1-4H3/t13-,17?/m1/s1. The number of aliphatic hydroxyl groups is 1. The third kappa shape index (κ3) is 3.93. The maximum Gasteiger partial charge on any atom is 0.305 e. The quantitative estimate of drug-likeness (QED) is 0.601. The molecule has 0 radical (unpaired) electrons. The average Bonchev–Trinajstić information content (AvgIpc) is 3.07. The van der Waals surface area contributed by atoms with E-state index in [9.17, 15) is 19.6 Å². The smallest absolute Gasteiger partial charge is 0.305 e. The Balaban J connectivity index is 1.95. The van der Waals surface area contributed by atoms with Crippen LogP contribution in [0.5, 0.6) is 0 Å². The molecule has 0 amide bonds. The van der Waals surface area contributed by atoms with E-state index >= 15 is 0 Å². The third-order valence-electron chi connectivity index (χ3n) is 5.57. The second-order valence-electron chi connectivity index (χ2n) is 8.47. The van der Waals surface area contributed by atoms with Gasteiger partial charge in [-0.2, -0.15) is 4.39 Å². The van der Waals surface area contributed by atoms with Crippen LogP contribution < -0.4 is 4.90 Å². The van der Waals surface area contributed by atoms with Crippen LogP contribution in [0.2, 0.25) is 0 Å². The van der Waals surface area contributed by atoms with Gasteiger partial charge in [-0.1, -0.05) is 13.8 Å². The summed E-state index contributed by atoms with van der Waals surface area (Å²) >= 11 is 0. The summed E-state index contributed by atoms with van der Waals surface area (Å²) in [4.78, 5) is 12.5. The van der Waals surface area contributed by atoms with Crippen molar-refractivity contribution in [1.82, 2.24) is 0 Å². The first-order chi connectivity index (χ1) is 12.5. The fraction of sp³-hybridized carbons (Fsp3) is 0.684. The molecule has 2 aliphatic heterocycles. The molecule has 150 valence electrons. The molecule has 2 aliphatic rings. The zero-order valence-electron chi connectivity index (χ0n) is 16.2. The van der Waals surface area contributed by atoms with Gasteiger partial charge in [-0.3, -0.25) is 10.1 Å². The number of anilines is 1. The second kappa shape index (κ2) is 7.00. The van der Waals surface area contributed by atoms with Crippen LogP contribution in [0.1, 0.15) is 39.7 Å². The number of benzene rings is 1. The molecule has 1 unspecified atom stereocenters. The first-order valence-corrected chi connectivity index (χ1v) is 9.20. The molecule has 1 N–H and O–H groups in total. The molecule has 3 rings (SSSR count). The van der Waals surface area contributed by atoms with E-state index in [2.05, 4.69) is 4.90 Å². The number of nitro groups is 1. The lowest BCUT2D eigenvalue weighted by molar-refractivity contribution is -0.387. The van der Waals surface area contributed by atoms with Gasteiger partial charge in [-0.15, -0.1) is 0 Å². The number of hydrogen-bond acceptors (Lipinski definition) is 6. The summed E-state index contributed by atoms with van der Waals surface area (Å²) in [7, 11) is 0. The maximum absolute atomic E-state index is 14.3. The summed E-state index contributed by atoms with van der Waals surface area (Å²) in [5.41, 5.74) is 0.629. The molecular formula is C19H27FN2O5. The Bertz CT molecular complexity index is 737. The van der Waals surface area contributed by atoms with E-state index in [0.29, 0.717) is 31.7 Å². The molecule has 7 nitrogen and oxygen atoms in total. The van der Waals surface area contributed by atoms with Crippen molar-refractivity contribution in [2.24, 2.45) is 5.41 Å². The minimum Gasteiger partial charge on any atom is -0.396 e. The molecule has 1 saturated heterocycles. The Labute approximate surface area is 158 Å². The van der Waals surface area contributed by atoms with Crippen molar-refractivity contribution >= 4 is 11.4 Å². The Morgan fingerprint density at radius 2 is 2.15 bits per heavy atom. The lowest BCUT2D eigenvalue weighted by Crippen LogP contribution is -2.47. The molecule has 0 bridgehead atoms. The van der Waals surface area contributed by atoms with Crippen LogP contribution in [0.15, 0.2) is 12.1 Å². The van der Waals surface area contributed by atoms with Gasteiger partial charge in [0.15, 0.2) is 5.79 Å². The number of fused-ring (bicyclic) bond motifs is 1. The zero-order chi connectivity index (χ0) is 20.0. The van der Waals surface area contributed by atoms with E-state index in [1.165, 1.54) is 12.1 Å². The molecule has 1 fully saturated rings. The van der Waals surface area contributed by atoms with Crippen LogP contribution in [0.3, 0.4) is 0 Å². The van der Waals surface area contributed by atoms with Crippen molar-refractivity contribution in [3.63, 3.8) is 0 Å². The van der Waals surface area contributed by atoms with Crippen LogP contribution in [0.4, 0.5) is 15.8 Å². The molecule has 2 heterocycles. The minimum atomic E-state index is -0.840. The van der Waals surface area contributed by atoms with Gasteiger partial charge in [0.25, 0.3) is 0 Å². The van der Waals surface area contributed by atoms with Gasteiger partial charge >= 0.3 is 5.69 Å². The second-order valence-corrected chi connectivity index (χ2v) is 8.47. The fourth-order valence-corrected chi connectivity index (χ4v) is 4.10. The number of nitro benzene ring substituents is 1. The highest BCUT2D eigenvalue weighted by atomic mass is 19.1. The topological polar surface area (TPSA) is 85.1 Å². The van der Waals surface area contributed by atoms with Crippen LogP contribution in [0.25, 0.3) is 0 Å². The van der Waals surface area contributed by atoms with Crippen molar-refractivity contribution in [2.45, 2.75) is 58.5 Å². The summed E-state index contributed by atoms with van der Waals surface area (Å²) in [5, 5.41) is 20.6.